The third kappa shape index (κ3) is 4.54. The number of aliphatic hydroxyl groups excluding tert-OH is 2. The molecule has 2 atom stereocenters. The minimum atomic E-state index is -0.497. The average Bonchev–Trinajstić information content (AvgIpc) is 2.28. The van der Waals surface area contributed by atoms with Crippen LogP contribution in [0.3, 0.4) is 0 Å². The highest BCUT2D eigenvalue weighted by molar-refractivity contribution is 5.18. The molecule has 0 amide bonds. The Labute approximate surface area is 121 Å². The molecular formula is C13H22INO2. The van der Waals surface area contributed by atoms with Crippen LogP contribution in [0.1, 0.15) is 18.6 Å². The van der Waals surface area contributed by atoms with Crippen LogP contribution in [0.5, 0.6) is 0 Å². The van der Waals surface area contributed by atoms with Gasteiger partial charge in [0.25, 0.3) is 0 Å². The van der Waals surface area contributed by atoms with Crippen LogP contribution in [0.15, 0.2) is 30.3 Å². The van der Waals surface area contributed by atoms with Crippen LogP contribution in [-0.4, -0.2) is 48.0 Å². The lowest BCUT2D eigenvalue weighted by Crippen LogP contribution is -3.00. The number of quaternary nitrogens is 1. The van der Waals surface area contributed by atoms with Crippen molar-refractivity contribution < 1.29 is 38.7 Å². The topological polar surface area (TPSA) is 40.5 Å². The van der Waals surface area contributed by atoms with E-state index in [0.29, 0.717) is 11.0 Å². The summed E-state index contributed by atoms with van der Waals surface area (Å²) in [5, 5.41) is 19.3. The molecule has 4 heteroatoms. The Balaban J connectivity index is 0.00000256. The number of halogens is 1. The molecule has 0 bridgehead atoms. The maximum atomic E-state index is 10.3. The van der Waals surface area contributed by atoms with Gasteiger partial charge in [-0.2, -0.15) is 0 Å². The number of aliphatic hydroxyl groups is 2. The number of likely N-dealkylation sites (N-methyl/N-ethyl adjacent to an activating group) is 1. The molecule has 0 fully saturated rings. The van der Waals surface area contributed by atoms with Crippen LogP contribution in [-0.2, 0) is 0 Å². The largest absolute Gasteiger partial charge is 1.00 e. The van der Waals surface area contributed by atoms with Gasteiger partial charge in [0.1, 0.15) is 18.7 Å². The Morgan fingerprint density at radius 3 is 2.18 bits per heavy atom. The van der Waals surface area contributed by atoms with E-state index in [0.717, 1.165) is 5.56 Å². The second-order valence-corrected chi connectivity index (χ2v) is 4.82. The molecule has 0 aromatic heterocycles. The van der Waals surface area contributed by atoms with Crippen molar-refractivity contribution in [3.8, 4) is 0 Å². The molecule has 0 aliphatic heterocycles. The van der Waals surface area contributed by atoms with E-state index in [1.807, 2.05) is 51.4 Å². The van der Waals surface area contributed by atoms with E-state index >= 15 is 0 Å². The Morgan fingerprint density at radius 1 is 1.18 bits per heavy atom. The molecule has 1 rings (SSSR count). The van der Waals surface area contributed by atoms with Gasteiger partial charge in [-0.15, -0.1) is 0 Å². The van der Waals surface area contributed by atoms with Crippen molar-refractivity contribution in [1.82, 2.24) is 0 Å². The molecular weight excluding hydrogens is 329 g/mol. The number of hydrogen-bond acceptors (Lipinski definition) is 2. The number of nitrogens with zero attached hydrogens (tertiary/aromatic N) is 1. The van der Waals surface area contributed by atoms with Crippen molar-refractivity contribution in [1.29, 1.82) is 0 Å². The van der Waals surface area contributed by atoms with Gasteiger partial charge in [-0.3, -0.25) is 0 Å². The normalized spacial score (nSPS) is 14.9. The van der Waals surface area contributed by atoms with E-state index < -0.39 is 6.10 Å². The average molecular weight is 351 g/mol. The predicted octanol–water partition coefficient (Wildman–Crippen LogP) is -1.82. The van der Waals surface area contributed by atoms with Gasteiger partial charge >= 0.3 is 0 Å². The third-order valence-electron chi connectivity index (χ3n) is 3.38. The summed E-state index contributed by atoms with van der Waals surface area (Å²) in [5.74, 6) is 0. The van der Waals surface area contributed by atoms with E-state index in [4.69, 9.17) is 5.11 Å². The Hall–Kier alpha value is -0.170. The second-order valence-electron chi connectivity index (χ2n) is 4.82. The van der Waals surface area contributed by atoms with Gasteiger partial charge in [-0.25, -0.2) is 0 Å². The zero-order valence-corrected chi connectivity index (χ0v) is 12.8. The van der Waals surface area contributed by atoms with Crippen LogP contribution in [0.25, 0.3) is 0 Å². The fourth-order valence-corrected chi connectivity index (χ4v) is 1.77. The van der Waals surface area contributed by atoms with Gasteiger partial charge < -0.3 is 38.7 Å². The lowest BCUT2D eigenvalue weighted by Gasteiger charge is -2.38. The lowest BCUT2D eigenvalue weighted by molar-refractivity contribution is -0.917. The Bertz CT molecular complexity index is 316. The molecule has 0 spiro atoms. The van der Waals surface area contributed by atoms with Crippen LogP contribution in [0, 0.1) is 0 Å². The van der Waals surface area contributed by atoms with Crippen molar-refractivity contribution in [2.75, 3.05) is 27.2 Å². The molecule has 1 aromatic carbocycles. The Morgan fingerprint density at radius 2 is 1.71 bits per heavy atom. The van der Waals surface area contributed by atoms with Crippen LogP contribution in [0.4, 0.5) is 0 Å². The predicted molar refractivity (Wildman–Crippen MR) is 64.9 cm³/mol. The summed E-state index contributed by atoms with van der Waals surface area (Å²) in [7, 11) is 4.04. The first-order valence-electron chi connectivity index (χ1n) is 5.65. The fraction of sp³-hybridized carbons (Fsp3) is 0.538. The van der Waals surface area contributed by atoms with Gasteiger partial charge in [-0.05, 0) is 12.5 Å². The molecule has 17 heavy (non-hydrogen) atoms. The molecule has 0 heterocycles. The van der Waals surface area contributed by atoms with E-state index in [2.05, 4.69) is 0 Å². The first-order valence-corrected chi connectivity index (χ1v) is 5.65. The summed E-state index contributed by atoms with van der Waals surface area (Å²) < 4.78 is 0.604. The first-order chi connectivity index (χ1) is 7.49. The summed E-state index contributed by atoms with van der Waals surface area (Å²) in [6, 6.07) is 9.71. The van der Waals surface area contributed by atoms with Gasteiger partial charge in [-0.1, -0.05) is 30.3 Å². The molecule has 1 aromatic rings. The molecule has 98 valence electrons. The number of benzene rings is 1. The minimum Gasteiger partial charge on any atom is -1.00 e. The standard InChI is InChI=1S/C13H22NO2.HI/c1-11(14(2,3)9-10-15)13(16)12-7-5-4-6-8-12;/h4-8,11,13,15-16H,9-10H2,1-3H3;1H/q+1;/p-1/t11-,13-;/m0./s1. The quantitative estimate of drug-likeness (QED) is 0.485. The first kappa shape index (κ1) is 16.8. The van der Waals surface area contributed by atoms with Crippen LogP contribution < -0.4 is 24.0 Å². The molecule has 0 saturated heterocycles. The Kier molecular flexibility index (Phi) is 7.23. The highest BCUT2D eigenvalue weighted by Gasteiger charge is 2.30. The van der Waals surface area contributed by atoms with E-state index in [9.17, 15) is 5.11 Å². The second kappa shape index (κ2) is 7.31. The molecule has 0 aliphatic carbocycles. The van der Waals surface area contributed by atoms with Crippen LogP contribution >= 0.6 is 0 Å². The van der Waals surface area contributed by atoms with Crippen molar-refractivity contribution >= 4 is 0 Å². The van der Waals surface area contributed by atoms with Gasteiger partial charge in [0.05, 0.1) is 20.7 Å². The molecule has 2 N–H and O–H groups in total. The van der Waals surface area contributed by atoms with E-state index in [1.165, 1.54) is 0 Å². The van der Waals surface area contributed by atoms with Gasteiger partial charge in [0.2, 0.25) is 0 Å². The third-order valence-corrected chi connectivity index (χ3v) is 3.38. The summed E-state index contributed by atoms with van der Waals surface area (Å²) >= 11 is 0. The molecule has 0 radical (unpaired) electrons. The van der Waals surface area contributed by atoms with E-state index in [-0.39, 0.29) is 36.6 Å². The maximum Gasteiger partial charge on any atom is 0.130 e. The lowest BCUT2D eigenvalue weighted by atomic mass is 10.0. The van der Waals surface area contributed by atoms with Crippen molar-refractivity contribution in [2.24, 2.45) is 0 Å². The van der Waals surface area contributed by atoms with Gasteiger partial charge in [0.15, 0.2) is 0 Å². The summed E-state index contributed by atoms with van der Waals surface area (Å²) in [5.41, 5.74) is 0.930. The zero-order chi connectivity index (χ0) is 12.2. The van der Waals surface area contributed by atoms with E-state index in [1.54, 1.807) is 0 Å². The highest BCUT2D eigenvalue weighted by Crippen LogP contribution is 2.23. The van der Waals surface area contributed by atoms with Crippen molar-refractivity contribution in [3.05, 3.63) is 35.9 Å². The summed E-state index contributed by atoms with van der Waals surface area (Å²) in [6.45, 7) is 2.79. The molecule has 0 unspecified atom stereocenters. The van der Waals surface area contributed by atoms with Crippen LogP contribution in [0.2, 0.25) is 0 Å². The summed E-state index contributed by atoms with van der Waals surface area (Å²) in [4.78, 5) is 0. The SMILES string of the molecule is C[C@@H]([C@H](O)c1ccccc1)[N+](C)(C)CCO.[I-]. The number of rotatable bonds is 5. The fourth-order valence-electron chi connectivity index (χ4n) is 1.77. The number of hydrogen-bond donors (Lipinski definition) is 2. The van der Waals surface area contributed by atoms with Crippen molar-refractivity contribution in [2.45, 2.75) is 19.1 Å². The summed E-state index contributed by atoms with van der Waals surface area (Å²) in [6.07, 6.45) is -0.497. The maximum absolute atomic E-state index is 10.3. The highest BCUT2D eigenvalue weighted by atomic mass is 127. The monoisotopic (exact) mass is 351 g/mol. The van der Waals surface area contributed by atoms with Gasteiger partial charge in [0, 0.05) is 0 Å². The molecule has 0 saturated carbocycles. The smallest absolute Gasteiger partial charge is 0.130 e. The van der Waals surface area contributed by atoms with Crippen molar-refractivity contribution in [3.63, 3.8) is 0 Å². The zero-order valence-electron chi connectivity index (χ0n) is 10.7. The minimum absolute atomic E-state index is 0. The molecule has 0 aliphatic rings. The molecule has 3 nitrogen and oxygen atoms in total.